The van der Waals surface area contributed by atoms with Gasteiger partial charge in [0.15, 0.2) is 0 Å². The first kappa shape index (κ1) is 17.2. The van der Waals surface area contributed by atoms with E-state index in [4.69, 9.17) is 16.7 Å². The highest BCUT2D eigenvalue weighted by atomic mass is 127. The molecule has 1 amide bonds. The van der Waals surface area contributed by atoms with Gasteiger partial charge in [0.05, 0.1) is 5.56 Å². The SMILES string of the molecule is O=C(c1c(I)ccnc1Cl)N(CCCO)Cc1ccccc1. The predicted octanol–water partition coefficient (Wildman–Crippen LogP) is 3.36. The fraction of sp³-hybridized carbons (Fsp3) is 0.250. The molecule has 1 aromatic heterocycles. The summed E-state index contributed by atoms with van der Waals surface area (Å²) in [5, 5.41) is 9.27. The van der Waals surface area contributed by atoms with Crippen molar-refractivity contribution in [1.82, 2.24) is 9.88 Å². The minimum Gasteiger partial charge on any atom is -0.396 e. The molecule has 0 saturated heterocycles. The minimum absolute atomic E-state index is 0.0381. The monoisotopic (exact) mass is 430 g/mol. The number of aliphatic hydroxyl groups is 1. The maximum atomic E-state index is 12.8. The third kappa shape index (κ3) is 4.41. The van der Waals surface area contributed by atoms with Crippen molar-refractivity contribution in [2.45, 2.75) is 13.0 Å². The van der Waals surface area contributed by atoms with Crippen molar-refractivity contribution >= 4 is 40.1 Å². The normalized spacial score (nSPS) is 10.5. The zero-order valence-corrected chi connectivity index (χ0v) is 14.8. The van der Waals surface area contributed by atoms with Gasteiger partial charge in [-0.15, -0.1) is 0 Å². The van der Waals surface area contributed by atoms with E-state index in [1.54, 1.807) is 17.2 Å². The van der Waals surface area contributed by atoms with Gasteiger partial charge in [0, 0.05) is 29.5 Å². The Morgan fingerprint density at radius 1 is 1.27 bits per heavy atom. The van der Waals surface area contributed by atoms with Gasteiger partial charge in [-0.05, 0) is 40.6 Å². The number of amides is 1. The number of halogens is 2. The third-order valence-electron chi connectivity index (χ3n) is 3.16. The van der Waals surface area contributed by atoms with Crippen LogP contribution in [0.5, 0.6) is 0 Å². The first-order valence-corrected chi connectivity index (χ1v) is 8.33. The summed E-state index contributed by atoms with van der Waals surface area (Å²) in [7, 11) is 0. The van der Waals surface area contributed by atoms with E-state index in [0.29, 0.717) is 25.1 Å². The van der Waals surface area contributed by atoms with Crippen molar-refractivity contribution in [2.24, 2.45) is 0 Å². The number of hydrogen-bond donors (Lipinski definition) is 1. The van der Waals surface area contributed by atoms with Crippen LogP contribution in [0.1, 0.15) is 22.3 Å². The molecule has 0 atom stereocenters. The first-order chi connectivity index (χ1) is 10.6. The van der Waals surface area contributed by atoms with Crippen molar-refractivity contribution in [1.29, 1.82) is 0 Å². The lowest BCUT2D eigenvalue weighted by Gasteiger charge is -2.23. The van der Waals surface area contributed by atoms with Crippen LogP contribution in [-0.4, -0.2) is 34.0 Å². The van der Waals surface area contributed by atoms with Gasteiger partial charge in [-0.25, -0.2) is 4.98 Å². The summed E-state index contributed by atoms with van der Waals surface area (Å²) < 4.78 is 0.768. The van der Waals surface area contributed by atoms with E-state index >= 15 is 0 Å². The summed E-state index contributed by atoms with van der Waals surface area (Å²) in [4.78, 5) is 18.5. The average molecular weight is 431 g/mol. The Morgan fingerprint density at radius 3 is 2.64 bits per heavy atom. The van der Waals surface area contributed by atoms with Crippen LogP contribution in [0.2, 0.25) is 5.15 Å². The van der Waals surface area contributed by atoms with Gasteiger partial charge in [-0.3, -0.25) is 4.79 Å². The van der Waals surface area contributed by atoms with Gasteiger partial charge >= 0.3 is 0 Å². The summed E-state index contributed by atoms with van der Waals surface area (Å²) >= 11 is 8.17. The maximum Gasteiger partial charge on any atom is 0.258 e. The van der Waals surface area contributed by atoms with Gasteiger partial charge in [0.2, 0.25) is 0 Å². The molecule has 0 saturated carbocycles. The number of rotatable bonds is 6. The molecule has 0 aliphatic heterocycles. The molecule has 0 aliphatic rings. The van der Waals surface area contributed by atoms with Gasteiger partial charge < -0.3 is 10.0 Å². The molecule has 0 aliphatic carbocycles. The van der Waals surface area contributed by atoms with Crippen molar-refractivity contribution < 1.29 is 9.90 Å². The van der Waals surface area contributed by atoms with E-state index in [9.17, 15) is 4.79 Å². The third-order valence-corrected chi connectivity index (χ3v) is 4.34. The summed E-state index contributed by atoms with van der Waals surface area (Å²) in [5.41, 5.74) is 1.45. The lowest BCUT2D eigenvalue weighted by Crippen LogP contribution is -2.33. The standard InChI is InChI=1S/C16H16ClIN2O2/c17-15-14(13(18)7-8-19-15)16(22)20(9-4-10-21)11-12-5-2-1-3-6-12/h1-3,5-8,21H,4,9-11H2. The first-order valence-electron chi connectivity index (χ1n) is 6.87. The molecule has 4 nitrogen and oxygen atoms in total. The van der Waals surface area contributed by atoms with Gasteiger partial charge in [0.25, 0.3) is 5.91 Å². The fourth-order valence-corrected chi connectivity index (χ4v) is 3.13. The number of aliphatic hydroxyl groups excluding tert-OH is 1. The van der Waals surface area contributed by atoms with E-state index < -0.39 is 0 Å². The summed E-state index contributed by atoms with van der Waals surface area (Å²) in [6.07, 6.45) is 2.10. The molecule has 6 heteroatoms. The molecule has 1 N–H and O–H groups in total. The molecular weight excluding hydrogens is 415 g/mol. The van der Waals surface area contributed by atoms with Crippen molar-refractivity contribution in [2.75, 3.05) is 13.2 Å². The van der Waals surface area contributed by atoms with Crippen LogP contribution in [0.3, 0.4) is 0 Å². The molecule has 2 rings (SSSR count). The molecule has 116 valence electrons. The molecule has 1 heterocycles. The molecule has 0 radical (unpaired) electrons. The number of carbonyl (C=O) groups excluding carboxylic acids is 1. The lowest BCUT2D eigenvalue weighted by atomic mass is 10.1. The molecule has 0 unspecified atom stereocenters. The van der Waals surface area contributed by atoms with Crippen LogP contribution < -0.4 is 0 Å². The Kier molecular flexibility index (Phi) is 6.60. The van der Waals surface area contributed by atoms with Crippen LogP contribution in [-0.2, 0) is 6.54 Å². The van der Waals surface area contributed by atoms with E-state index in [-0.39, 0.29) is 17.7 Å². The van der Waals surface area contributed by atoms with Crippen molar-refractivity contribution in [3.05, 3.63) is 62.4 Å². The van der Waals surface area contributed by atoms with E-state index in [1.807, 2.05) is 30.3 Å². The molecule has 0 spiro atoms. The van der Waals surface area contributed by atoms with Crippen molar-refractivity contribution in [3.63, 3.8) is 0 Å². The summed E-state index contributed by atoms with van der Waals surface area (Å²) in [6, 6.07) is 11.5. The predicted molar refractivity (Wildman–Crippen MR) is 94.8 cm³/mol. The zero-order valence-electron chi connectivity index (χ0n) is 11.9. The second-order valence-corrected chi connectivity index (χ2v) is 6.27. The highest BCUT2D eigenvalue weighted by molar-refractivity contribution is 14.1. The number of pyridine rings is 1. The molecule has 1 aromatic carbocycles. The molecule has 0 bridgehead atoms. The molecular formula is C16H16ClIN2O2. The van der Waals surface area contributed by atoms with E-state index in [2.05, 4.69) is 27.6 Å². The summed E-state index contributed by atoms with van der Waals surface area (Å²) in [6.45, 7) is 0.975. The number of benzene rings is 1. The maximum absolute atomic E-state index is 12.8. The minimum atomic E-state index is -0.167. The molecule has 2 aromatic rings. The topological polar surface area (TPSA) is 53.4 Å². The Labute approximate surface area is 148 Å². The highest BCUT2D eigenvalue weighted by Crippen LogP contribution is 2.22. The zero-order chi connectivity index (χ0) is 15.9. The Hall–Kier alpha value is -1.18. The van der Waals surface area contributed by atoms with Crippen LogP contribution >= 0.6 is 34.2 Å². The molecule has 22 heavy (non-hydrogen) atoms. The lowest BCUT2D eigenvalue weighted by molar-refractivity contribution is 0.0730. The highest BCUT2D eigenvalue weighted by Gasteiger charge is 2.21. The Morgan fingerprint density at radius 2 is 2.00 bits per heavy atom. The second kappa shape index (κ2) is 8.45. The van der Waals surface area contributed by atoms with E-state index in [1.165, 1.54) is 0 Å². The molecule has 0 fully saturated rings. The number of aromatic nitrogens is 1. The largest absolute Gasteiger partial charge is 0.396 e. The number of hydrogen-bond acceptors (Lipinski definition) is 3. The van der Waals surface area contributed by atoms with Crippen molar-refractivity contribution in [3.8, 4) is 0 Å². The Bertz CT molecular complexity index is 617. The van der Waals surface area contributed by atoms with Gasteiger partial charge in [0.1, 0.15) is 5.15 Å². The summed E-state index contributed by atoms with van der Waals surface area (Å²) in [5.74, 6) is -0.167. The fourth-order valence-electron chi connectivity index (χ4n) is 2.08. The second-order valence-electron chi connectivity index (χ2n) is 4.75. The number of carbonyl (C=O) groups is 1. The quantitative estimate of drug-likeness (QED) is 0.565. The van der Waals surface area contributed by atoms with Crippen LogP contribution in [0.25, 0.3) is 0 Å². The van der Waals surface area contributed by atoms with Crippen LogP contribution in [0.4, 0.5) is 0 Å². The van der Waals surface area contributed by atoms with E-state index in [0.717, 1.165) is 9.13 Å². The van der Waals surface area contributed by atoms with Gasteiger partial charge in [-0.2, -0.15) is 0 Å². The van der Waals surface area contributed by atoms with Gasteiger partial charge in [-0.1, -0.05) is 41.9 Å². The smallest absolute Gasteiger partial charge is 0.258 e. The Balaban J connectivity index is 2.26. The van der Waals surface area contributed by atoms with Crippen LogP contribution in [0, 0.1) is 3.57 Å². The van der Waals surface area contributed by atoms with Crippen LogP contribution in [0.15, 0.2) is 42.6 Å². The number of nitrogens with zero attached hydrogens (tertiary/aromatic N) is 2. The average Bonchev–Trinajstić information content (AvgIpc) is 2.52.